The average Bonchev–Trinajstić information content (AvgIpc) is 2.61. The topological polar surface area (TPSA) is 35.6 Å². The summed E-state index contributed by atoms with van der Waals surface area (Å²) < 4.78 is 13.8. The quantitative estimate of drug-likeness (QED) is 0.922. The summed E-state index contributed by atoms with van der Waals surface area (Å²) in [6.45, 7) is 2.73. The lowest BCUT2D eigenvalue weighted by molar-refractivity contribution is 0.194. The van der Waals surface area contributed by atoms with Crippen molar-refractivity contribution in [3.05, 3.63) is 64.9 Å². The van der Waals surface area contributed by atoms with Crippen molar-refractivity contribution in [1.29, 1.82) is 0 Å². The second-order valence-corrected chi connectivity index (χ2v) is 6.08. The maximum atomic E-state index is 13.8. The number of anilines is 1. The number of amides is 2. The maximum absolute atomic E-state index is 13.8. The van der Waals surface area contributed by atoms with Crippen molar-refractivity contribution in [2.24, 2.45) is 0 Å². The molecule has 1 aliphatic rings. The minimum Gasteiger partial charge on any atom is -0.366 e. The highest BCUT2D eigenvalue weighted by atomic mass is 35.5. The monoisotopic (exact) mass is 347 g/mol. The number of benzene rings is 2. The molecule has 1 N–H and O–H groups in total. The van der Waals surface area contributed by atoms with E-state index in [1.807, 2.05) is 29.2 Å². The molecule has 3 rings (SSSR count). The minimum absolute atomic E-state index is 0.122. The van der Waals surface area contributed by atoms with E-state index in [4.69, 9.17) is 11.6 Å². The zero-order valence-corrected chi connectivity index (χ0v) is 14.0. The number of nitrogens with zero attached hydrogens (tertiary/aromatic N) is 2. The Bertz CT molecular complexity index is 717. The summed E-state index contributed by atoms with van der Waals surface area (Å²) in [5.41, 5.74) is 1.48. The molecule has 0 spiro atoms. The molecule has 4 nitrogen and oxygen atoms in total. The number of piperazine rings is 1. The highest BCUT2D eigenvalue weighted by Crippen LogP contribution is 2.20. The van der Waals surface area contributed by atoms with Crippen LogP contribution in [0.5, 0.6) is 0 Å². The molecule has 126 valence electrons. The molecule has 0 atom stereocenters. The number of para-hydroxylation sites is 1. The number of carbonyl (C=O) groups excluding carboxylic acids is 1. The normalized spacial score (nSPS) is 14.6. The Kier molecular flexibility index (Phi) is 5.20. The molecule has 0 saturated carbocycles. The Morgan fingerprint density at radius 3 is 2.42 bits per heavy atom. The molecule has 0 aliphatic carbocycles. The third kappa shape index (κ3) is 3.79. The van der Waals surface area contributed by atoms with Gasteiger partial charge in [0.05, 0.1) is 5.69 Å². The Morgan fingerprint density at radius 2 is 1.71 bits per heavy atom. The summed E-state index contributed by atoms with van der Waals surface area (Å²) in [4.78, 5) is 16.0. The van der Waals surface area contributed by atoms with Gasteiger partial charge in [-0.25, -0.2) is 9.18 Å². The van der Waals surface area contributed by atoms with Gasteiger partial charge in [-0.05, 0) is 23.8 Å². The molecule has 1 aliphatic heterocycles. The van der Waals surface area contributed by atoms with Gasteiger partial charge in [-0.2, -0.15) is 0 Å². The standard InChI is InChI=1S/C18H19ClFN3O/c19-15-6-2-1-5-14(15)13-21-18(24)23-11-9-22(10-12-23)17-8-4-3-7-16(17)20/h1-8H,9-13H2,(H,21,24). The van der Waals surface area contributed by atoms with Gasteiger partial charge in [0.25, 0.3) is 0 Å². The fraction of sp³-hybridized carbons (Fsp3) is 0.278. The smallest absolute Gasteiger partial charge is 0.317 e. The van der Waals surface area contributed by atoms with E-state index in [0.717, 1.165) is 5.56 Å². The number of halogens is 2. The van der Waals surface area contributed by atoms with E-state index in [-0.39, 0.29) is 11.8 Å². The van der Waals surface area contributed by atoms with Crippen LogP contribution in [0.3, 0.4) is 0 Å². The first-order valence-corrected chi connectivity index (χ1v) is 8.28. The number of hydrogen-bond donors (Lipinski definition) is 1. The lowest BCUT2D eigenvalue weighted by Crippen LogP contribution is -2.51. The fourth-order valence-electron chi connectivity index (χ4n) is 2.78. The average molecular weight is 348 g/mol. The van der Waals surface area contributed by atoms with Crippen molar-refractivity contribution in [3.8, 4) is 0 Å². The van der Waals surface area contributed by atoms with Crippen LogP contribution < -0.4 is 10.2 Å². The molecule has 2 amide bonds. The van der Waals surface area contributed by atoms with Crippen molar-refractivity contribution in [3.63, 3.8) is 0 Å². The van der Waals surface area contributed by atoms with Gasteiger partial charge in [0.2, 0.25) is 0 Å². The van der Waals surface area contributed by atoms with Crippen LogP contribution in [0.1, 0.15) is 5.56 Å². The summed E-state index contributed by atoms with van der Waals surface area (Å²) in [6, 6.07) is 14.0. The Morgan fingerprint density at radius 1 is 1.04 bits per heavy atom. The predicted molar refractivity (Wildman–Crippen MR) is 93.9 cm³/mol. The molecule has 24 heavy (non-hydrogen) atoms. The van der Waals surface area contributed by atoms with Gasteiger partial charge in [-0.15, -0.1) is 0 Å². The largest absolute Gasteiger partial charge is 0.366 e. The van der Waals surface area contributed by atoms with E-state index in [2.05, 4.69) is 5.32 Å². The zero-order valence-electron chi connectivity index (χ0n) is 13.2. The predicted octanol–water partition coefficient (Wildman–Crippen LogP) is 3.51. The number of carbonyl (C=O) groups is 1. The lowest BCUT2D eigenvalue weighted by atomic mass is 10.2. The van der Waals surface area contributed by atoms with Crippen molar-refractivity contribution >= 4 is 23.3 Å². The first-order chi connectivity index (χ1) is 11.6. The molecule has 0 unspecified atom stereocenters. The van der Waals surface area contributed by atoms with E-state index in [1.165, 1.54) is 6.07 Å². The van der Waals surface area contributed by atoms with E-state index < -0.39 is 0 Å². The minimum atomic E-state index is -0.228. The highest BCUT2D eigenvalue weighted by molar-refractivity contribution is 6.31. The summed E-state index contributed by atoms with van der Waals surface area (Å²) in [5.74, 6) is -0.228. The van der Waals surface area contributed by atoms with Gasteiger partial charge in [-0.1, -0.05) is 41.9 Å². The number of rotatable bonds is 3. The van der Waals surface area contributed by atoms with Gasteiger partial charge >= 0.3 is 6.03 Å². The molecule has 2 aromatic carbocycles. The number of hydrogen-bond acceptors (Lipinski definition) is 2. The maximum Gasteiger partial charge on any atom is 0.317 e. The Labute approximate surface area is 145 Å². The van der Waals surface area contributed by atoms with Crippen LogP contribution in [0.4, 0.5) is 14.9 Å². The lowest BCUT2D eigenvalue weighted by Gasteiger charge is -2.36. The second-order valence-electron chi connectivity index (χ2n) is 5.68. The molecule has 6 heteroatoms. The number of urea groups is 1. The molecule has 0 radical (unpaired) electrons. The van der Waals surface area contributed by atoms with Crippen LogP contribution in [-0.2, 0) is 6.54 Å². The molecule has 2 aromatic rings. The molecule has 0 bridgehead atoms. The molecule has 1 fully saturated rings. The number of nitrogens with one attached hydrogen (secondary N) is 1. The third-order valence-corrected chi connectivity index (χ3v) is 4.52. The van der Waals surface area contributed by atoms with Crippen LogP contribution in [0.25, 0.3) is 0 Å². The van der Waals surface area contributed by atoms with E-state index >= 15 is 0 Å². The van der Waals surface area contributed by atoms with Crippen LogP contribution in [-0.4, -0.2) is 37.1 Å². The van der Waals surface area contributed by atoms with Crippen LogP contribution in [0.2, 0.25) is 5.02 Å². The molecule has 0 aromatic heterocycles. The van der Waals surface area contributed by atoms with Crippen molar-refractivity contribution in [1.82, 2.24) is 10.2 Å². The second kappa shape index (κ2) is 7.53. The fourth-order valence-corrected chi connectivity index (χ4v) is 2.99. The van der Waals surface area contributed by atoms with E-state index in [1.54, 1.807) is 23.1 Å². The van der Waals surface area contributed by atoms with E-state index in [0.29, 0.717) is 43.4 Å². The first kappa shape index (κ1) is 16.6. The van der Waals surface area contributed by atoms with Gasteiger partial charge in [0.1, 0.15) is 5.82 Å². The van der Waals surface area contributed by atoms with Crippen molar-refractivity contribution in [2.75, 3.05) is 31.1 Å². The van der Waals surface area contributed by atoms with Gasteiger partial charge in [0.15, 0.2) is 0 Å². The summed E-state index contributed by atoms with van der Waals surface area (Å²) >= 11 is 6.09. The Balaban J connectivity index is 1.52. The van der Waals surface area contributed by atoms with E-state index in [9.17, 15) is 9.18 Å². The van der Waals surface area contributed by atoms with Gasteiger partial charge in [0, 0.05) is 37.7 Å². The van der Waals surface area contributed by atoms with Crippen LogP contribution in [0.15, 0.2) is 48.5 Å². The molecular weight excluding hydrogens is 329 g/mol. The SMILES string of the molecule is O=C(NCc1ccccc1Cl)N1CCN(c2ccccc2F)CC1. The van der Waals surface area contributed by atoms with Crippen molar-refractivity contribution in [2.45, 2.75) is 6.54 Å². The third-order valence-electron chi connectivity index (χ3n) is 4.15. The van der Waals surface area contributed by atoms with Crippen LogP contribution >= 0.6 is 11.6 Å². The summed E-state index contributed by atoms with van der Waals surface area (Å²) in [5, 5.41) is 3.53. The summed E-state index contributed by atoms with van der Waals surface area (Å²) in [6.07, 6.45) is 0. The van der Waals surface area contributed by atoms with Crippen LogP contribution in [0, 0.1) is 5.82 Å². The van der Waals surface area contributed by atoms with Crippen molar-refractivity contribution < 1.29 is 9.18 Å². The first-order valence-electron chi connectivity index (χ1n) is 7.91. The molecular formula is C18H19ClFN3O. The summed E-state index contributed by atoms with van der Waals surface area (Å²) in [7, 11) is 0. The highest BCUT2D eigenvalue weighted by Gasteiger charge is 2.22. The molecule has 1 saturated heterocycles. The Hall–Kier alpha value is -2.27. The van der Waals surface area contributed by atoms with Gasteiger partial charge < -0.3 is 15.1 Å². The molecule has 1 heterocycles. The zero-order chi connectivity index (χ0) is 16.9. The van der Waals surface area contributed by atoms with Gasteiger partial charge in [-0.3, -0.25) is 0 Å².